The Hall–Kier alpha value is -2.18. The molecular weight excluding hydrogens is 360 g/mol. The van der Waals surface area contributed by atoms with E-state index >= 15 is 0 Å². The average molecular weight is 383 g/mol. The van der Waals surface area contributed by atoms with Crippen LogP contribution in [0.15, 0.2) is 42.5 Å². The predicted molar refractivity (Wildman–Crippen MR) is 107 cm³/mol. The first-order valence-corrected chi connectivity index (χ1v) is 10.4. The van der Waals surface area contributed by atoms with Gasteiger partial charge < -0.3 is 14.6 Å². The number of β-amino-alcohol motifs (C(OH)–C–C–N with tert-alkyl or cyclic N) is 1. The van der Waals surface area contributed by atoms with Crippen LogP contribution >= 0.6 is 11.8 Å². The second kappa shape index (κ2) is 6.46. The SMILES string of the molecule is Cc1cccc(N2C[C@](O)(c3ccc4c(c3)OCCO4)[N+]3=C2SCCC3)c1. The van der Waals surface area contributed by atoms with Crippen molar-refractivity contribution in [3.8, 4) is 11.5 Å². The average Bonchev–Trinajstić information content (AvgIpc) is 3.02. The third-order valence-corrected chi connectivity index (χ3v) is 6.55. The molecule has 1 N–H and O–H groups in total. The van der Waals surface area contributed by atoms with Crippen LogP contribution in [0.3, 0.4) is 0 Å². The van der Waals surface area contributed by atoms with E-state index in [2.05, 4.69) is 40.7 Å². The summed E-state index contributed by atoms with van der Waals surface area (Å²) >= 11 is 1.82. The molecule has 2 aromatic rings. The zero-order valence-electron chi connectivity index (χ0n) is 15.4. The van der Waals surface area contributed by atoms with Gasteiger partial charge in [-0.3, -0.25) is 0 Å². The van der Waals surface area contributed by atoms with Crippen LogP contribution in [-0.4, -0.2) is 46.9 Å². The molecule has 0 amide bonds. The zero-order chi connectivity index (χ0) is 18.4. The van der Waals surface area contributed by atoms with E-state index in [1.165, 1.54) is 5.56 Å². The summed E-state index contributed by atoms with van der Waals surface area (Å²) in [6.45, 7) is 4.55. The number of benzene rings is 2. The molecule has 0 saturated heterocycles. The summed E-state index contributed by atoms with van der Waals surface area (Å²) < 4.78 is 13.5. The molecule has 0 bridgehead atoms. The van der Waals surface area contributed by atoms with E-state index in [1.807, 2.05) is 30.0 Å². The van der Waals surface area contributed by atoms with Crippen molar-refractivity contribution in [1.29, 1.82) is 0 Å². The van der Waals surface area contributed by atoms with Gasteiger partial charge in [-0.15, -0.1) is 0 Å². The highest BCUT2D eigenvalue weighted by Crippen LogP contribution is 2.40. The molecule has 140 valence electrons. The summed E-state index contributed by atoms with van der Waals surface area (Å²) in [5, 5.41) is 12.9. The highest BCUT2D eigenvalue weighted by atomic mass is 32.2. The molecule has 3 heterocycles. The largest absolute Gasteiger partial charge is 0.486 e. The number of aliphatic hydroxyl groups is 1. The number of nitrogens with zero attached hydrogens (tertiary/aromatic N) is 2. The van der Waals surface area contributed by atoms with Crippen molar-refractivity contribution in [2.75, 3.05) is 37.0 Å². The van der Waals surface area contributed by atoms with Crippen LogP contribution in [0, 0.1) is 6.92 Å². The van der Waals surface area contributed by atoms with Gasteiger partial charge in [-0.1, -0.05) is 12.1 Å². The Morgan fingerprint density at radius 3 is 2.81 bits per heavy atom. The molecule has 0 radical (unpaired) electrons. The van der Waals surface area contributed by atoms with Gasteiger partial charge in [0.25, 0.3) is 5.72 Å². The van der Waals surface area contributed by atoms with Gasteiger partial charge in [0.05, 0.1) is 6.54 Å². The summed E-state index contributed by atoms with van der Waals surface area (Å²) in [5.41, 5.74) is 2.11. The van der Waals surface area contributed by atoms with Gasteiger partial charge in [-0.25, -0.2) is 9.48 Å². The second-order valence-corrected chi connectivity index (χ2v) is 8.30. The summed E-state index contributed by atoms with van der Waals surface area (Å²) in [6.07, 6.45) is 1.06. The lowest BCUT2D eigenvalue weighted by Crippen LogP contribution is -2.41. The van der Waals surface area contributed by atoms with Gasteiger partial charge >= 0.3 is 5.17 Å². The number of amidine groups is 1. The van der Waals surface area contributed by atoms with Crippen LogP contribution in [0.25, 0.3) is 0 Å². The normalized spacial score (nSPS) is 24.1. The van der Waals surface area contributed by atoms with Gasteiger partial charge in [-0.05, 0) is 61.0 Å². The third kappa shape index (κ3) is 2.78. The molecule has 3 aliphatic rings. The fourth-order valence-electron chi connectivity index (χ4n) is 4.04. The minimum atomic E-state index is -1.08. The van der Waals surface area contributed by atoms with Crippen LogP contribution in [0.1, 0.15) is 17.5 Å². The minimum absolute atomic E-state index is 0.498. The quantitative estimate of drug-likeness (QED) is 0.808. The van der Waals surface area contributed by atoms with Gasteiger partial charge in [-0.2, -0.15) is 0 Å². The number of thioether (sulfide) groups is 1. The van der Waals surface area contributed by atoms with E-state index in [4.69, 9.17) is 9.47 Å². The maximum Gasteiger partial charge on any atom is 0.316 e. The lowest BCUT2D eigenvalue weighted by atomic mass is 10.0. The summed E-state index contributed by atoms with van der Waals surface area (Å²) in [5.74, 6) is 2.54. The molecule has 0 aromatic heterocycles. The summed E-state index contributed by atoms with van der Waals surface area (Å²) in [7, 11) is 0. The van der Waals surface area contributed by atoms with Crippen molar-refractivity contribution >= 4 is 22.6 Å². The van der Waals surface area contributed by atoms with E-state index in [0.717, 1.165) is 40.9 Å². The van der Waals surface area contributed by atoms with Crippen LogP contribution in [-0.2, 0) is 5.72 Å². The fourth-order valence-corrected chi connectivity index (χ4v) is 5.22. The third-order valence-electron chi connectivity index (χ3n) is 5.36. The lowest BCUT2D eigenvalue weighted by molar-refractivity contribution is -0.656. The molecule has 0 unspecified atom stereocenters. The van der Waals surface area contributed by atoms with Crippen molar-refractivity contribution in [2.24, 2.45) is 0 Å². The number of rotatable bonds is 2. The molecule has 0 fully saturated rings. The summed E-state index contributed by atoms with van der Waals surface area (Å²) in [4.78, 5) is 2.24. The van der Waals surface area contributed by atoms with Crippen LogP contribution in [0.2, 0.25) is 0 Å². The van der Waals surface area contributed by atoms with Crippen LogP contribution < -0.4 is 14.4 Å². The minimum Gasteiger partial charge on any atom is -0.486 e. The Kier molecular flexibility index (Phi) is 4.06. The number of hydrogen-bond donors (Lipinski definition) is 1. The fraction of sp³-hybridized carbons (Fsp3) is 0.381. The van der Waals surface area contributed by atoms with Crippen LogP contribution in [0.5, 0.6) is 11.5 Å². The molecule has 6 heteroatoms. The van der Waals surface area contributed by atoms with E-state index in [1.54, 1.807) is 0 Å². The topological polar surface area (TPSA) is 44.9 Å². The molecule has 0 saturated carbocycles. The zero-order valence-corrected chi connectivity index (χ0v) is 16.2. The molecule has 5 nitrogen and oxygen atoms in total. The van der Waals surface area contributed by atoms with Crippen molar-refractivity contribution in [3.63, 3.8) is 0 Å². The molecule has 2 aromatic carbocycles. The van der Waals surface area contributed by atoms with Gasteiger partial charge in [0.15, 0.2) is 18.0 Å². The van der Waals surface area contributed by atoms with Crippen molar-refractivity contribution in [3.05, 3.63) is 53.6 Å². The van der Waals surface area contributed by atoms with Crippen molar-refractivity contribution in [1.82, 2.24) is 0 Å². The number of anilines is 1. The molecule has 1 atom stereocenters. The van der Waals surface area contributed by atoms with E-state index in [0.29, 0.717) is 25.5 Å². The molecule has 5 rings (SSSR count). The first-order valence-electron chi connectivity index (χ1n) is 9.39. The molecule has 27 heavy (non-hydrogen) atoms. The van der Waals surface area contributed by atoms with Gasteiger partial charge in [0, 0.05) is 11.3 Å². The van der Waals surface area contributed by atoms with Crippen molar-refractivity contribution < 1.29 is 19.2 Å². The Morgan fingerprint density at radius 2 is 1.96 bits per heavy atom. The highest BCUT2D eigenvalue weighted by Gasteiger charge is 2.53. The van der Waals surface area contributed by atoms with Crippen LogP contribution in [0.4, 0.5) is 5.69 Å². The number of aryl methyl sites for hydroxylation is 1. The number of ether oxygens (including phenoxy) is 2. The number of hydrogen-bond acceptors (Lipinski definition) is 5. The Balaban J connectivity index is 1.59. The molecule has 0 spiro atoms. The van der Waals surface area contributed by atoms with Crippen molar-refractivity contribution in [2.45, 2.75) is 19.1 Å². The Bertz CT molecular complexity index is 929. The lowest BCUT2D eigenvalue weighted by Gasteiger charge is -2.26. The maximum absolute atomic E-state index is 11.8. The Labute approximate surface area is 163 Å². The maximum atomic E-state index is 11.8. The second-order valence-electron chi connectivity index (χ2n) is 7.24. The monoisotopic (exact) mass is 383 g/mol. The van der Waals surface area contributed by atoms with E-state index in [-0.39, 0.29) is 0 Å². The smallest absolute Gasteiger partial charge is 0.316 e. The van der Waals surface area contributed by atoms with E-state index < -0.39 is 5.72 Å². The van der Waals surface area contributed by atoms with Gasteiger partial charge in [0.2, 0.25) is 0 Å². The standard InChI is InChI=1S/C21H23N2O3S/c1-15-4-2-5-17(12-15)22-14-21(24,23-8-3-11-27-20(22)23)16-6-7-18-19(13-16)26-10-9-25-18/h2,4-7,12-13,24H,3,8-11,14H2,1H3/q+1/t21-/m0/s1. The molecule has 0 aliphatic carbocycles. The highest BCUT2D eigenvalue weighted by molar-refractivity contribution is 8.13. The summed E-state index contributed by atoms with van der Waals surface area (Å²) in [6, 6.07) is 14.3. The first-order chi connectivity index (χ1) is 13.1. The molecular formula is C21H23N2O3S+. The molecule has 3 aliphatic heterocycles. The number of fused-ring (bicyclic) bond motifs is 1. The van der Waals surface area contributed by atoms with Gasteiger partial charge in [0.1, 0.15) is 18.9 Å². The van der Waals surface area contributed by atoms with E-state index in [9.17, 15) is 5.11 Å². The Morgan fingerprint density at radius 1 is 1.11 bits per heavy atom. The predicted octanol–water partition coefficient (Wildman–Crippen LogP) is 2.94. The first kappa shape index (κ1) is 17.0.